The standard InChI is InChI=1S/C25H29F2NO3/c1-3-21(28-30-2)24-20-12-15(13-22(20)29)14-23(24)31-25(16-4-8-18(26)9-5-16)17-6-10-19(27)11-7-17/h4-11,15,20,22-23,25,28-29H,3,12-14H2,1-2H3/t15?,20-,22?,23-/m1/s1. The van der Waals surface area contributed by atoms with Gasteiger partial charge in [0.1, 0.15) is 17.7 Å². The van der Waals surface area contributed by atoms with Gasteiger partial charge in [-0.1, -0.05) is 31.2 Å². The van der Waals surface area contributed by atoms with Gasteiger partial charge in [0.05, 0.1) is 19.3 Å². The van der Waals surface area contributed by atoms with Crippen LogP contribution in [-0.2, 0) is 9.57 Å². The number of benzene rings is 2. The van der Waals surface area contributed by atoms with Crippen molar-refractivity contribution in [3.63, 3.8) is 0 Å². The highest BCUT2D eigenvalue weighted by molar-refractivity contribution is 5.32. The zero-order chi connectivity index (χ0) is 22.0. The molecule has 2 unspecified atom stereocenters. The van der Waals surface area contributed by atoms with Gasteiger partial charge in [-0.05, 0) is 72.6 Å². The maximum Gasteiger partial charge on any atom is 0.123 e. The van der Waals surface area contributed by atoms with Crippen molar-refractivity contribution in [2.75, 3.05) is 7.11 Å². The Hall–Kier alpha value is -2.28. The summed E-state index contributed by atoms with van der Waals surface area (Å²) in [6, 6.07) is 12.4. The van der Waals surface area contributed by atoms with E-state index in [2.05, 4.69) is 5.48 Å². The second-order valence-corrected chi connectivity index (χ2v) is 8.45. The Bertz CT molecular complexity index is 868. The van der Waals surface area contributed by atoms with Crippen LogP contribution in [0.2, 0.25) is 0 Å². The van der Waals surface area contributed by atoms with Crippen molar-refractivity contribution in [2.24, 2.45) is 11.8 Å². The minimum atomic E-state index is -0.489. The Morgan fingerprint density at radius 1 is 1.00 bits per heavy atom. The van der Waals surface area contributed by atoms with Crippen molar-refractivity contribution in [1.29, 1.82) is 0 Å². The van der Waals surface area contributed by atoms with Gasteiger partial charge in [0.25, 0.3) is 0 Å². The molecule has 0 spiro atoms. The molecule has 2 aliphatic carbocycles. The minimum Gasteiger partial charge on any atom is -0.392 e. The molecule has 166 valence electrons. The quantitative estimate of drug-likeness (QED) is 0.605. The highest BCUT2D eigenvalue weighted by Gasteiger charge is 2.46. The van der Waals surface area contributed by atoms with Crippen LogP contribution < -0.4 is 5.48 Å². The third-order valence-electron chi connectivity index (χ3n) is 6.49. The molecule has 31 heavy (non-hydrogen) atoms. The van der Waals surface area contributed by atoms with Crippen LogP contribution >= 0.6 is 0 Å². The summed E-state index contributed by atoms with van der Waals surface area (Å²) in [5.74, 6) is -0.239. The molecule has 0 saturated heterocycles. The van der Waals surface area contributed by atoms with E-state index in [4.69, 9.17) is 9.57 Å². The fraction of sp³-hybridized carbons (Fsp3) is 0.440. The van der Waals surface area contributed by atoms with Gasteiger partial charge in [-0.15, -0.1) is 0 Å². The molecule has 0 radical (unpaired) electrons. The van der Waals surface area contributed by atoms with Gasteiger partial charge < -0.3 is 9.84 Å². The van der Waals surface area contributed by atoms with Gasteiger partial charge in [-0.3, -0.25) is 10.3 Å². The Kier molecular flexibility index (Phi) is 6.70. The summed E-state index contributed by atoms with van der Waals surface area (Å²) in [5, 5.41) is 10.7. The molecule has 2 aliphatic rings. The van der Waals surface area contributed by atoms with E-state index in [0.717, 1.165) is 41.7 Å². The molecule has 2 bridgehead atoms. The Labute approximate surface area is 181 Å². The van der Waals surface area contributed by atoms with E-state index in [1.165, 1.54) is 24.3 Å². The van der Waals surface area contributed by atoms with E-state index in [9.17, 15) is 13.9 Å². The second-order valence-electron chi connectivity index (χ2n) is 8.45. The van der Waals surface area contributed by atoms with Crippen molar-refractivity contribution in [3.05, 3.63) is 82.6 Å². The molecular formula is C25H29F2NO3. The van der Waals surface area contributed by atoms with Gasteiger partial charge >= 0.3 is 0 Å². The summed E-state index contributed by atoms with van der Waals surface area (Å²) < 4.78 is 33.8. The van der Waals surface area contributed by atoms with Crippen LogP contribution in [0.15, 0.2) is 59.8 Å². The zero-order valence-electron chi connectivity index (χ0n) is 17.9. The van der Waals surface area contributed by atoms with Crippen LogP contribution in [0, 0.1) is 23.5 Å². The molecule has 2 aromatic rings. The van der Waals surface area contributed by atoms with Crippen molar-refractivity contribution in [1.82, 2.24) is 5.48 Å². The maximum atomic E-state index is 13.6. The first-order chi connectivity index (χ1) is 15.0. The molecule has 0 heterocycles. The number of ether oxygens (including phenoxy) is 1. The number of aliphatic hydroxyl groups is 1. The van der Waals surface area contributed by atoms with Gasteiger partial charge in [-0.25, -0.2) is 8.78 Å². The highest BCUT2D eigenvalue weighted by Crippen LogP contribution is 2.49. The molecule has 6 heteroatoms. The average Bonchev–Trinajstić information content (AvgIpc) is 3.06. The lowest BCUT2D eigenvalue weighted by Gasteiger charge is -2.36. The predicted molar refractivity (Wildman–Crippen MR) is 114 cm³/mol. The summed E-state index contributed by atoms with van der Waals surface area (Å²) in [4.78, 5) is 5.21. The van der Waals surface area contributed by atoms with Crippen LogP contribution in [0.25, 0.3) is 0 Å². The lowest BCUT2D eigenvalue weighted by molar-refractivity contribution is -0.00122. The van der Waals surface area contributed by atoms with Crippen LogP contribution in [0.1, 0.15) is 49.8 Å². The van der Waals surface area contributed by atoms with E-state index < -0.39 is 12.2 Å². The molecule has 4 nitrogen and oxygen atoms in total. The Balaban J connectivity index is 1.73. The van der Waals surface area contributed by atoms with Gasteiger partial charge in [0, 0.05) is 11.6 Å². The summed E-state index contributed by atoms with van der Waals surface area (Å²) >= 11 is 0. The Morgan fingerprint density at radius 3 is 2.10 bits per heavy atom. The van der Waals surface area contributed by atoms with E-state index in [1.54, 1.807) is 31.4 Å². The first-order valence-electron chi connectivity index (χ1n) is 10.9. The molecule has 0 aromatic heterocycles. The van der Waals surface area contributed by atoms with Crippen LogP contribution in [0.4, 0.5) is 8.78 Å². The summed E-state index contributed by atoms with van der Waals surface area (Å²) in [6.45, 7) is 2.04. The topological polar surface area (TPSA) is 50.7 Å². The van der Waals surface area contributed by atoms with E-state index in [-0.39, 0.29) is 23.7 Å². The summed E-state index contributed by atoms with van der Waals surface area (Å²) in [7, 11) is 1.57. The number of aliphatic hydroxyl groups excluding tert-OH is 1. The lowest BCUT2D eigenvalue weighted by Crippen LogP contribution is -2.34. The third kappa shape index (κ3) is 4.66. The van der Waals surface area contributed by atoms with Crippen molar-refractivity contribution in [2.45, 2.75) is 50.9 Å². The van der Waals surface area contributed by atoms with Gasteiger partial charge in [0.2, 0.25) is 0 Å². The van der Waals surface area contributed by atoms with E-state index >= 15 is 0 Å². The number of nitrogens with one attached hydrogen (secondary N) is 1. The van der Waals surface area contributed by atoms with Gasteiger partial charge in [0.15, 0.2) is 0 Å². The van der Waals surface area contributed by atoms with Gasteiger partial charge in [-0.2, -0.15) is 0 Å². The number of hydroxylamine groups is 1. The SMILES string of the molecule is CCC(NOC)=C1[C@H](OC(c2ccc(F)cc2)c2ccc(F)cc2)CC2CC(O)[C@H]1C2. The summed E-state index contributed by atoms with van der Waals surface area (Å²) in [6.07, 6.45) is 2.07. The molecular weight excluding hydrogens is 400 g/mol. The number of hydrogen-bond acceptors (Lipinski definition) is 4. The van der Waals surface area contributed by atoms with Crippen molar-refractivity contribution < 1.29 is 23.5 Å². The molecule has 2 fully saturated rings. The minimum absolute atomic E-state index is 0.0171. The highest BCUT2D eigenvalue weighted by atomic mass is 19.1. The number of rotatable bonds is 7. The average molecular weight is 430 g/mol. The zero-order valence-corrected chi connectivity index (χ0v) is 17.9. The van der Waals surface area contributed by atoms with Crippen LogP contribution in [-0.4, -0.2) is 24.4 Å². The van der Waals surface area contributed by atoms with Crippen LogP contribution in [0.5, 0.6) is 0 Å². The molecule has 2 saturated carbocycles. The lowest BCUT2D eigenvalue weighted by atomic mass is 9.80. The van der Waals surface area contributed by atoms with E-state index in [0.29, 0.717) is 12.3 Å². The second kappa shape index (κ2) is 9.47. The normalized spacial score (nSPS) is 26.9. The predicted octanol–water partition coefficient (Wildman–Crippen LogP) is 5.05. The number of halogens is 2. The molecule has 2 N–H and O–H groups in total. The Morgan fingerprint density at radius 2 is 1.58 bits per heavy atom. The molecule has 4 rings (SSSR count). The first-order valence-corrected chi connectivity index (χ1v) is 10.9. The molecule has 4 atom stereocenters. The number of hydrogen-bond donors (Lipinski definition) is 2. The van der Waals surface area contributed by atoms with Crippen molar-refractivity contribution in [3.8, 4) is 0 Å². The first kappa shape index (κ1) is 21.9. The fourth-order valence-electron chi connectivity index (χ4n) is 5.11. The van der Waals surface area contributed by atoms with Crippen LogP contribution in [0.3, 0.4) is 0 Å². The summed E-state index contributed by atoms with van der Waals surface area (Å²) in [5.41, 5.74) is 6.55. The number of allylic oxidation sites excluding steroid dienone is 1. The number of fused-ring (bicyclic) bond motifs is 2. The maximum absolute atomic E-state index is 13.6. The molecule has 0 amide bonds. The monoisotopic (exact) mass is 429 g/mol. The van der Waals surface area contributed by atoms with E-state index in [1.807, 2.05) is 6.92 Å². The third-order valence-corrected chi connectivity index (χ3v) is 6.49. The smallest absolute Gasteiger partial charge is 0.123 e. The molecule has 2 aromatic carbocycles. The van der Waals surface area contributed by atoms with Crippen molar-refractivity contribution >= 4 is 0 Å². The molecule has 0 aliphatic heterocycles. The largest absolute Gasteiger partial charge is 0.392 e. The fourth-order valence-corrected chi connectivity index (χ4v) is 5.11.